The molecule has 0 saturated carbocycles. The Morgan fingerprint density at radius 1 is 1.00 bits per heavy atom. The van der Waals surface area contributed by atoms with E-state index in [0.29, 0.717) is 16.5 Å². The monoisotopic (exact) mass is 431 g/mol. The Balaban J connectivity index is 1.91. The fourth-order valence-corrected chi connectivity index (χ4v) is 4.71. The van der Waals surface area contributed by atoms with E-state index in [2.05, 4.69) is 38.8 Å². The molecule has 0 fully saturated rings. The van der Waals surface area contributed by atoms with E-state index >= 15 is 0 Å². The molecule has 3 rings (SSSR count). The maximum absolute atomic E-state index is 10.9. The van der Waals surface area contributed by atoms with Gasteiger partial charge in [-0.2, -0.15) is 0 Å². The minimum absolute atomic E-state index is 0.0816. The molecule has 3 aromatic rings. The molecule has 0 bridgehead atoms. The quantitative estimate of drug-likeness (QED) is 0.501. The third kappa shape index (κ3) is 4.42. The van der Waals surface area contributed by atoms with Crippen LogP contribution in [0.5, 0.6) is 17.2 Å². The van der Waals surface area contributed by atoms with Gasteiger partial charge < -0.3 is 19.0 Å². The van der Waals surface area contributed by atoms with Crippen LogP contribution in [0.1, 0.15) is 37.4 Å². The summed E-state index contributed by atoms with van der Waals surface area (Å²) in [5, 5.41) is 11.6. The summed E-state index contributed by atoms with van der Waals surface area (Å²) in [6, 6.07) is 11.3. The van der Waals surface area contributed by atoms with Gasteiger partial charge in [-0.15, -0.1) is 11.3 Å². The number of methoxy groups -OCH3 is 2. The largest absolute Gasteiger partial charge is 0.541 e. The second-order valence-electron chi connectivity index (χ2n) is 8.56. The Labute approximate surface area is 177 Å². The first-order valence-electron chi connectivity index (χ1n) is 9.55. The van der Waals surface area contributed by atoms with Gasteiger partial charge >= 0.3 is 0 Å². The molecular weight excluding hydrogens is 402 g/mol. The summed E-state index contributed by atoms with van der Waals surface area (Å²) in [4.78, 5) is 4.58. The molecule has 1 aromatic heterocycles. The van der Waals surface area contributed by atoms with Gasteiger partial charge in [-0.1, -0.05) is 26.8 Å². The molecule has 7 heteroatoms. The predicted octanol–water partition coefficient (Wildman–Crippen LogP) is 5.78. The van der Waals surface area contributed by atoms with Crippen LogP contribution in [0.4, 0.5) is 0 Å². The van der Waals surface area contributed by atoms with Crippen LogP contribution in [0.3, 0.4) is 0 Å². The van der Waals surface area contributed by atoms with Gasteiger partial charge in [0.1, 0.15) is 22.6 Å². The van der Waals surface area contributed by atoms with Gasteiger partial charge in [-0.05, 0) is 54.0 Å². The highest BCUT2D eigenvalue weighted by atomic mass is 32.1. The van der Waals surface area contributed by atoms with E-state index in [0.717, 1.165) is 21.5 Å². The zero-order chi connectivity index (χ0) is 21.4. The van der Waals surface area contributed by atoms with Crippen LogP contribution in [0.15, 0.2) is 36.4 Å². The van der Waals surface area contributed by atoms with E-state index in [9.17, 15) is 5.11 Å². The van der Waals surface area contributed by atoms with Crippen LogP contribution in [0.25, 0.3) is 10.2 Å². The number of hydrogen-bond acceptors (Lipinski definition) is 6. The number of aliphatic hydroxyl groups is 1. The molecule has 0 saturated heterocycles. The highest BCUT2D eigenvalue weighted by Crippen LogP contribution is 2.41. The lowest BCUT2D eigenvalue weighted by molar-refractivity contribution is 0.219. The average Bonchev–Trinajstić information content (AvgIpc) is 3.09. The van der Waals surface area contributed by atoms with Crippen molar-refractivity contribution in [3.05, 3.63) is 47.0 Å². The molecule has 156 valence electrons. The number of aliphatic hydroxyl groups excluding tert-OH is 1. The van der Waals surface area contributed by atoms with E-state index in [1.54, 1.807) is 14.2 Å². The van der Waals surface area contributed by atoms with Gasteiger partial charge in [0.05, 0.1) is 24.4 Å². The number of aromatic nitrogens is 1. The molecule has 1 N–H and O–H groups in total. The number of ether oxygens (including phenoxy) is 2. The second kappa shape index (κ2) is 7.97. The molecular formula is C22H29NO4SSi. The van der Waals surface area contributed by atoms with Crippen molar-refractivity contribution in [3.8, 4) is 17.2 Å². The van der Waals surface area contributed by atoms with Crippen LogP contribution in [0, 0.1) is 0 Å². The maximum atomic E-state index is 10.9. The first-order valence-corrected chi connectivity index (χ1v) is 13.3. The Kier molecular flexibility index (Phi) is 5.94. The molecule has 1 atom stereocenters. The van der Waals surface area contributed by atoms with Gasteiger partial charge in [0.25, 0.3) is 8.32 Å². The highest BCUT2D eigenvalue weighted by Gasteiger charge is 2.39. The van der Waals surface area contributed by atoms with Crippen molar-refractivity contribution in [1.29, 1.82) is 0 Å². The van der Waals surface area contributed by atoms with E-state index in [1.807, 2.05) is 36.4 Å². The summed E-state index contributed by atoms with van der Waals surface area (Å²) < 4.78 is 18.2. The van der Waals surface area contributed by atoms with Gasteiger partial charge in [-0.3, -0.25) is 0 Å². The van der Waals surface area contributed by atoms with Crippen molar-refractivity contribution in [2.24, 2.45) is 0 Å². The minimum atomic E-state index is -2.00. The highest BCUT2D eigenvalue weighted by molar-refractivity contribution is 7.18. The third-order valence-corrected chi connectivity index (χ3v) is 10.9. The van der Waals surface area contributed by atoms with Gasteiger partial charge in [0, 0.05) is 0 Å². The van der Waals surface area contributed by atoms with Crippen LogP contribution < -0.4 is 13.9 Å². The normalized spacial score (nSPS) is 13.4. The molecule has 29 heavy (non-hydrogen) atoms. The summed E-state index contributed by atoms with van der Waals surface area (Å²) >= 11 is 1.45. The number of thiazole rings is 1. The van der Waals surface area contributed by atoms with Crippen molar-refractivity contribution in [1.82, 2.24) is 4.98 Å². The molecule has 0 spiro atoms. The SMILES string of the molecule is COc1ccc2nc(C(O)c3ccc(O[Si](C)(C)C(C)(C)C)c(OC)c3)sc2c1. The molecule has 1 heterocycles. The Bertz CT molecular complexity index is 1010. The third-order valence-electron chi connectivity index (χ3n) is 5.52. The predicted molar refractivity (Wildman–Crippen MR) is 121 cm³/mol. The first kappa shape index (κ1) is 21.6. The first-order chi connectivity index (χ1) is 13.6. The molecule has 0 aliphatic heterocycles. The van der Waals surface area contributed by atoms with Crippen molar-refractivity contribution in [3.63, 3.8) is 0 Å². The summed E-state index contributed by atoms with van der Waals surface area (Å²) in [5.41, 5.74) is 1.56. The second-order valence-corrected chi connectivity index (χ2v) is 14.3. The number of rotatable bonds is 6. The lowest BCUT2D eigenvalue weighted by Crippen LogP contribution is -2.43. The maximum Gasteiger partial charge on any atom is 0.250 e. The lowest BCUT2D eigenvalue weighted by atomic mass is 10.1. The van der Waals surface area contributed by atoms with Crippen molar-refractivity contribution in [2.75, 3.05) is 14.2 Å². The number of nitrogens with zero attached hydrogens (tertiary/aromatic N) is 1. The molecule has 2 aromatic carbocycles. The summed E-state index contributed by atoms with van der Waals surface area (Å²) in [6.45, 7) is 11.0. The Hall–Kier alpha value is -2.09. The van der Waals surface area contributed by atoms with E-state index < -0.39 is 14.4 Å². The smallest absolute Gasteiger partial charge is 0.250 e. The van der Waals surface area contributed by atoms with Gasteiger partial charge in [0.15, 0.2) is 5.75 Å². The summed E-state index contributed by atoms with van der Waals surface area (Å²) in [6.07, 6.45) is -0.839. The number of benzene rings is 2. The van der Waals surface area contributed by atoms with Crippen molar-refractivity contribution >= 4 is 29.9 Å². The lowest BCUT2D eigenvalue weighted by Gasteiger charge is -2.36. The number of fused-ring (bicyclic) bond motifs is 1. The molecule has 0 amide bonds. The summed E-state index contributed by atoms with van der Waals surface area (Å²) in [5.74, 6) is 2.11. The fourth-order valence-electron chi connectivity index (χ4n) is 2.68. The molecule has 5 nitrogen and oxygen atoms in total. The van der Waals surface area contributed by atoms with E-state index in [1.165, 1.54) is 11.3 Å². The van der Waals surface area contributed by atoms with Crippen LogP contribution in [-0.4, -0.2) is 32.6 Å². The standard InChI is InChI=1S/C22H29NO4SSi/c1-22(2,3)29(6,7)27-17-11-8-14(12-18(17)26-5)20(24)21-23-16-10-9-15(25-4)13-19(16)28-21/h8-13,20,24H,1-7H3. The molecule has 0 aliphatic carbocycles. The molecule has 0 radical (unpaired) electrons. The molecule has 0 aliphatic rings. The minimum Gasteiger partial charge on any atom is -0.541 e. The van der Waals surface area contributed by atoms with Crippen LogP contribution in [0.2, 0.25) is 18.1 Å². The van der Waals surface area contributed by atoms with Crippen molar-refractivity contribution in [2.45, 2.75) is 45.0 Å². The Morgan fingerprint density at radius 3 is 2.34 bits per heavy atom. The number of hydrogen-bond donors (Lipinski definition) is 1. The van der Waals surface area contributed by atoms with Crippen molar-refractivity contribution < 1.29 is 19.0 Å². The van der Waals surface area contributed by atoms with Crippen LogP contribution >= 0.6 is 11.3 Å². The zero-order valence-corrected chi connectivity index (χ0v) is 19.9. The fraction of sp³-hybridized carbons (Fsp3) is 0.409. The van der Waals surface area contributed by atoms with Gasteiger partial charge in [-0.25, -0.2) is 4.98 Å². The van der Waals surface area contributed by atoms with Crippen LogP contribution in [-0.2, 0) is 0 Å². The average molecular weight is 432 g/mol. The van der Waals surface area contributed by atoms with E-state index in [4.69, 9.17) is 13.9 Å². The summed E-state index contributed by atoms with van der Waals surface area (Å²) in [7, 11) is 1.26. The Morgan fingerprint density at radius 2 is 1.72 bits per heavy atom. The zero-order valence-electron chi connectivity index (χ0n) is 18.1. The van der Waals surface area contributed by atoms with Gasteiger partial charge in [0.2, 0.25) is 0 Å². The molecule has 1 unspecified atom stereocenters. The van der Waals surface area contributed by atoms with E-state index in [-0.39, 0.29) is 5.04 Å². The topological polar surface area (TPSA) is 60.8 Å².